The summed E-state index contributed by atoms with van der Waals surface area (Å²) in [5.74, 6) is -0.251. The minimum absolute atomic E-state index is 0.0384. The molecule has 20 heavy (non-hydrogen) atoms. The van der Waals surface area contributed by atoms with Crippen molar-refractivity contribution in [1.29, 1.82) is 0 Å². The van der Waals surface area contributed by atoms with E-state index < -0.39 is 11.7 Å². The van der Waals surface area contributed by atoms with Gasteiger partial charge in [-0.1, -0.05) is 6.07 Å². The second-order valence-electron chi connectivity index (χ2n) is 5.36. The lowest BCUT2D eigenvalue weighted by Crippen LogP contribution is -2.35. The van der Waals surface area contributed by atoms with Gasteiger partial charge in [0.25, 0.3) is 0 Å². The van der Waals surface area contributed by atoms with Crippen molar-refractivity contribution in [2.24, 2.45) is 0 Å². The van der Waals surface area contributed by atoms with Crippen LogP contribution in [0.1, 0.15) is 36.3 Å². The van der Waals surface area contributed by atoms with E-state index in [1.807, 2.05) is 0 Å². The Bertz CT molecular complexity index is 536. The SMILES string of the molecule is O=C1CC(C2CCCN2)c2ccc(C(F)(F)F)cc2N1. The van der Waals surface area contributed by atoms with Gasteiger partial charge in [-0.2, -0.15) is 13.2 Å². The Morgan fingerprint density at radius 3 is 2.70 bits per heavy atom. The van der Waals surface area contributed by atoms with Crippen LogP contribution in [0.2, 0.25) is 0 Å². The molecular formula is C14H15F3N2O. The highest BCUT2D eigenvalue weighted by Crippen LogP contribution is 2.40. The summed E-state index contributed by atoms with van der Waals surface area (Å²) in [5.41, 5.74) is 0.378. The minimum Gasteiger partial charge on any atom is -0.326 e. The molecule has 1 amide bonds. The number of hydrogen-bond acceptors (Lipinski definition) is 2. The fourth-order valence-electron chi connectivity index (χ4n) is 3.09. The number of carbonyl (C=O) groups is 1. The van der Waals surface area contributed by atoms with Crippen molar-refractivity contribution in [2.75, 3.05) is 11.9 Å². The van der Waals surface area contributed by atoms with Crippen LogP contribution in [0.25, 0.3) is 0 Å². The van der Waals surface area contributed by atoms with Crippen molar-refractivity contribution >= 4 is 11.6 Å². The summed E-state index contributed by atoms with van der Waals surface area (Å²) in [6, 6.07) is 3.81. The first-order valence-corrected chi connectivity index (χ1v) is 6.69. The molecule has 0 saturated carbocycles. The zero-order chi connectivity index (χ0) is 14.3. The molecule has 3 nitrogen and oxygen atoms in total. The Morgan fingerprint density at radius 2 is 2.05 bits per heavy atom. The molecule has 3 rings (SSSR count). The van der Waals surface area contributed by atoms with Crippen molar-refractivity contribution < 1.29 is 18.0 Å². The average Bonchev–Trinajstić information content (AvgIpc) is 2.89. The molecule has 0 spiro atoms. The van der Waals surface area contributed by atoms with E-state index in [9.17, 15) is 18.0 Å². The summed E-state index contributed by atoms with van der Waals surface area (Å²) in [5, 5.41) is 5.89. The molecular weight excluding hydrogens is 269 g/mol. The van der Waals surface area contributed by atoms with Gasteiger partial charge in [0.1, 0.15) is 0 Å². The summed E-state index contributed by atoms with van der Waals surface area (Å²) in [7, 11) is 0. The summed E-state index contributed by atoms with van der Waals surface area (Å²) in [6.45, 7) is 0.902. The van der Waals surface area contributed by atoms with Gasteiger partial charge in [-0.3, -0.25) is 4.79 Å². The summed E-state index contributed by atoms with van der Waals surface area (Å²) < 4.78 is 38.2. The Hall–Kier alpha value is -1.56. The molecule has 0 aromatic heterocycles. The van der Waals surface area contributed by atoms with E-state index in [2.05, 4.69) is 10.6 Å². The maximum Gasteiger partial charge on any atom is 0.416 e. The summed E-state index contributed by atoms with van der Waals surface area (Å²) in [4.78, 5) is 11.7. The largest absolute Gasteiger partial charge is 0.416 e. The smallest absolute Gasteiger partial charge is 0.326 e. The molecule has 2 aliphatic heterocycles. The molecule has 2 atom stereocenters. The van der Waals surface area contributed by atoms with Crippen LogP contribution in [0, 0.1) is 0 Å². The quantitative estimate of drug-likeness (QED) is 0.832. The van der Waals surface area contributed by atoms with Gasteiger partial charge < -0.3 is 10.6 Å². The van der Waals surface area contributed by atoms with Gasteiger partial charge >= 0.3 is 6.18 Å². The third kappa shape index (κ3) is 2.40. The molecule has 108 valence electrons. The second kappa shape index (κ2) is 4.77. The first-order chi connectivity index (χ1) is 9.45. The van der Waals surface area contributed by atoms with E-state index in [4.69, 9.17) is 0 Å². The lowest BCUT2D eigenvalue weighted by molar-refractivity contribution is -0.137. The number of fused-ring (bicyclic) bond motifs is 1. The zero-order valence-electron chi connectivity index (χ0n) is 10.8. The van der Waals surface area contributed by atoms with Crippen LogP contribution in [0.15, 0.2) is 18.2 Å². The molecule has 2 unspecified atom stereocenters. The highest BCUT2D eigenvalue weighted by atomic mass is 19.4. The Balaban J connectivity index is 1.98. The zero-order valence-corrected chi connectivity index (χ0v) is 10.8. The van der Waals surface area contributed by atoms with E-state index in [0.717, 1.165) is 37.1 Å². The summed E-state index contributed by atoms with van der Waals surface area (Å²) >= 11 is 0. The number of benzene rings is 1. The van der Waals surface area contributed by atoms with Crippen molar-refractivity contribution in [1.82, 2.24) is 5.32 Å². The number of rotatable bonds is 1. The number of anilines is 1. The van der Waals surface area contributed by atoms with Crippen LogP contribution in [-0.2, 0) is 11.0 Å². The van der Waals surface area contributed by atoms with Crippen LogP contribution >= 0.6 is 0 Å². The predicted molar refractivity (Wildman–Crippen MR) is 68.5 cm³/mol. The predicted octanol–water partition coefficient (Wildman–Crippen LogP) is 2.88. The van der Waals surface area contributed by atoms with Gasteiger partial charge in [0.05, 0.1) is 5.56 Å². The number of alkyl halides is 3. The Kier molecular flexibility index (Phi) is 3.20. The van der Waals surface area contributed by atoms with Gasteiger partial charge in [0, 0.05) is 24.1 Å². The number of carbonyl (C=O) groups excluding carboxylic acids is 1. The van der Waals surface area contributed by atoms with Gasteiger partial charge in [0.15, 0.2) is 0 Å². The monoisotopic (exact) mass is 284 g/mol. The third-order valence-corrected chi connectivity index (χ3v) is 4.04. The molecule has 2 aliphatic rings. The molecule has 1 aromatic rings. The molecule has 1 fully saturated rings. The molecule has 0 aliphatic carbocycles. The van der Waals surface area contributed by atoms with E-state index in [-0.39, 0.29) is 17.9 Å². The molecule has 1 aromatic carbocycles. The Morgan fingerprint density at radius 1 is 1.25 bits per heavy atom. The standard InChI is InChI=1S/C14H15F3N2O/c15-14(16,17)8-3-4-9-10(11-2-1-5-18-11)7-13(20)19-12(9)6-8/h3-4,6,10-11,18H,1-2,5,7H2,(H,19,20). The van der Waals surface area contributed by atoms with Crippen molar-refractivity contribution in [3.63, 3.8) is 0 Å². The first-order valence-electron chi connectivity index (χ1n) is 6.69. The van der Waals surface area contributed by atoms with E-state index in [1.54, 1.807) is 0 Å². The number of hydrogen-bond donors (Lipinski definition) is 2. The van der Waals surface area contributed by atoms with Gasteiger partial charge in [-0.25, -0.2) is 0 Å². The van der Waals surface area contributed by atoms with Crippen LogP contribution in [0.5, 0.6) is 0 Å². The second-order valence-corrected chi connectivity index (χ2v) is 5.36. The molecule has 1 saturated heterocycles. The highest BCUT2D eigenvalue weighted by molar-refractivity contribution is 5.95. The highest BCUT2D eigenvalue weighted by Gasteiger charge is 2.36. The number of halogens is 3. The first kappa shape index (κ1) is 13.4. The maximum atomic E-state index is 12.7. The lowest BCUT2D eigenvalue weighted by Gasteiger charge is -2.30. The third-order valence-electron chi connectivity index (χ3n) is 4.04. The van der Waals surface area contributed by atoms with Crippen LogP contribution in [0.4, 0.5) is 18.9 Å². The van der Waals surface area contributed by atoms with Gasteiger partial charge in [0.2, 0.25) is 5.91 Å². The normalized spacial score (nSPS) is 26.2. The van der Waals surface area contributed by atoms with E-state index >= 15 is 0 Å². The van der Waals surface area contributed by atoms with Crippen LogP contribution in [0.3, 0.4) is 0 Å². The minimum atomic E-state index is -4.39. The topological polar surface area (TPSA) is 41.1 Å². The fraction of sp³-hybridized carbons (Fsp3) is 0.500. The molecule has 2 heterocycles. The number of nitrogens with one attached hydrogen (secondary N) is 2. The number of amides is 1. The van der Waals surface area contributed by atoms with Gasteiger partial charge in [-0.15, -0.1) is 0 Å². The van der Waals surface area contributed by atoms with Crippen molar-refractivity contribution in [3.05, 3.63) is 29.3 Å². The molecule has 0 radical (unpaired) electrons. The van der Waals surface area contributed by atoms with E-state index in [0.29, 0.717) is 12.1 Å². The maximum absolute atomic E-state index is 12.7. The summed E-state index contributed by atoms with van der Waals surface area (Å²) in [6.07, 6.45) is -2.06. The van der Waals surface area contributed by atoms with Gasteiger partial charge in [-0.05, 0) is 37.1 Å². The molecule has 2 N–H and O–H groups in total. The molecule has 6 heteroatoms. The fourth-order valence-corrected chi connectivity index (χ4v) is 3.09. The van der Waals surface area contributed by atoms with Crippen molar-refractivity contribution in [2.45, 2.75) is 37.4 Å². The van der Waals surface area contributed by atoms with Crippen molar-refractivity contribution in [3.8, 4) is 0 Å². The average molecular weight is 284 g/mol. The lowest BCUT2D eigenvalue weighted by atomic mass is 9.83. The molecule has 0 bridgehead atoms. The van der Waals surface area contributed by atoms with Crippen LogP contribution < -0.4 is 10.6 Å². The van der Waals surface area contributed by atoms with E-state index in [1.165, 1.54) is 6.07 Å². The Labute approximate surface area is 114 Å². The van der Waals surface area contributed by atoms with Crippen LogP contribution in [-0.4, -0.2) is 18.5 Å².